The number of thiazole rings is 1. The fourth-order valence-electron chi connectivity index (χ4n) is 5.22. The second-order valence-corrected chi connectivity index (χ2v) is 14.2. The van der Waals surface area contributed by atoms with E-state index in [0.29, 0.717) is 28.0 Å². The number of thioether (sulfide) groups is 1. The zero-order valence-corrected chi connectivity index (χ0v) is 30.0. The third-order valence-corrected chi connectivity index (χ3v) is 10.0. The van der Waals surface area contributed by atoms with Gasteiger partial charge in [0, 0.05) is 27.1 Å². The summed E-state index contributed by atoms with van der Waals surface area (Å²) in [6.45, 7) is 4.22. The third kappa shape index (κ3) is 9.48. The average molecular weight is 727 g/mol. The highest BCUT2D eigenvalue weighted by Crippen LogP contribution is 2.38. The van der Waals surface area contributed by atoms with Crippen LogP contribution < -0.4 is 16.0 Å². The molecular weight excluding hydrogens is 692 g/mol. The highest BCUT2D eigenvalue weighted by molar-refractivity contribution is 8.00. The van der Waals surface area contributed by atoms with Gasteiger partial charge in [-0.25, -0.2) is 9.37 Å². The van der Waals surface area contributed by atoms with Crippen molar-refractivity contribution in [1.82, 2.24) is 10.3 Å². The van der Waals surface area contributed by atoms with Gasteiger partial charge in [0.15, 0.2) is 5.13 Å². The number of benzene rings is 5. The Kier molecular flexibility index (Phi) is 11.7. The summed E-state index contributed by atoms with van der Waals surface area (Å²) in [4.78, 5) is 46.0. The van der Waals surface area contributed by atoms with Crippen molar-refractivity contribution in [2.75, 3.05) is 10.6 Å². The molecular formula is C42H35FN4O3S2. The van der Waals surface area contributed by atoms with Crippen molar-refractivity contribution in [1.29, 1.82) is 0 Å². The number of aromatic nitrogens is 1. The van der Waals surface area contributed by atoms with Crippen LogP contribution in [-0.4, -0.2) is 22.7 Å². The van der Waals surface area contributed by atoms with Crippen LogP contribution >= 0.6 is 23.1 Å². The summed E-state index contributed by atoms with van der Waals surface area (Å²) in [7, 11) is 0. The summed E-state index contributed by atoms with van der Waals surface area (Å²) in [5.74, 6) is -1.17. The fraction of sp³-hybridized carbons (Fsp3) is 0.0952. The number of carbonyl (C=O) groups is 3. The highest BCUT2D eigenvalue weighted by Gasteiger charge is 2.24. The minimum atomic E-state index is -0.653. The molecule has 52 heavy (non-hydrogen) atoms. The van der Waals surface area contributed by atoms with E-state index in [1.807, 2.05) is 72.1 Å². The standard InChI is InChI=1S/C42H35FN4O3S2/c1-27(2)29-18-16-28(17-19-29)24-36(45-39(48)32-12-7-4-8-13-32)40(49)44-34-14-9-15-35(25-34)52-38(31-10-5-3-6-11-31)41(50)47-42-46-37(26-51-42)30-20-22-33(43)23-21-30/h3-27,38H,1-2H3,(H,44,49)(H,45,48)(H,46,47,50)/b36-24+. The molecule has 6 aromatic rings. The third-order valence-electron chi connectivity index (χ3n) is 8.00. The molecule has 7 nitrogen and oxygen atoms in total. The lowest BCUT2D eigenvalue weighted by Gasteiger charge is -2.17. The normalized spacial score (nSPS) is 11.9. The van der Waals surface area contributed by atoms with Crippen LogP contribution in [0.4, 0.5) is 15.2 Å². The summed E-state index contributed by atoms with van der Waals surface area (Å²) >= 11 is 2.61. The number of nitrogens with zero attached hydrogens (tertiary/aromatic N) is 1. The summed E-state index contributed by atoms with van der Waals surface area (Å²) in [5.41, 5.74) is 5.07. The SMILES string of the molecule is CC(C)c1ccc(/C=C(/NC(=O)c2ccccc2)C(=O)Nc2cccc(SC(C(=O)Nc3nc(-c4ccc(F)cc4)cs3)c3ccccc3)c2)cc1. The molecule has 260 valence electrons. The molecule has 1 heterocycles. The fourth-order valence-corrected chi connectivity index (χ4v) is 7.03. The van der Waals surface area contributed by atoms with Crippen LogP contribution in [0.1, 0.15) is 52.1 Å². The van der Waals surface area contributed by atoms with Gasteiger partial charge in [-0.3, -0.25) is 14.4 Å². The maximum absolute atomic E-state index is 13.8. The lowest BCUT2D eigenvalue weighted by Crippen LogP contribution is -2.30. The lowest BCUT2D eigenvalue weighted by molar-refractivity contribution is -0.116. The van der Waals surface area contributed by atoms with Crippen LogP contribution in [-0.2, 0) is 9.59 Å². The molecule has 3 N–H and O–H groups in total. The minimum absolute atomic E-state index is 0.0780. The number of hydrogen-bond acceptors (Lipinski definition) is 6. The predicted molar refractivity (Wildman–Crippen MR) is 209 cm³/mol. The maximum Gasteiger partial charge on any atom is 0.272 e. The molecule has 1 unspecified atom stereocenters. The predicted octanol–water partition coefficient (Wildman–Crippen LogP) is 9.95. The van der Waals surface area contributed by atoms with Gasteiger partial charge < -0.3 is 16.0 Å². The van der Waals surface area contributed by atoms with Crippen LogP contribution in [0.25, 0.3) is 17.3 Å². The molecule has 3 amide bonds. The zero-order chi connectivity index (χ0) is 36.5. The van der Waals surface area contributed by atoms with Crippen molar-refractivity contribution < 1.29 is 18.8 Å². The van der Waals surface area contributed by atoms with E-state index < -0.39 is 17.1 Å². The molecule has 0 fully saturated rings. The second kappa shape index (κ2) is 16.9. The van der Waals surface area contributed by atoms with Gasteiger partial charge in [0.2, 0.25) is 5.91 Å². The Hall–Kier alpha value is -5.84. The first-order valence-corrected chi connectivity index (χ1v) is 18.3. The van der Waals surface area contributed by atoms with Crippen molar-refractivity contribution in [3.63, 3.8) is 0 Å². The molecule has 0 aliphatic carbocycles. The molecule has 0 aliphatic heterocycles. The number of rotatable bonds is 12. The number of halogens is 1. The topological polar surface area (TPSA) is 100 Å². The van der Waals surface area contributed by atoms with E-state index >= 15 is 0 Å². The number of anilines is 2. The Balaban J connectivity index is 1.21. The number of amides is 3. The van der Waals surface area contributed by atoms with E-state index in [-0.39, 0.29) is 17.4 Å². The van der Waals surface area contributed by atoms with Crippen LogP contribution in [0.2, 0.25) is 0 Å². The van der Waals surface area contributed by atoms with Crippen LogP contribution in [0, 0.1) is 5.82 Å². The van der Waals surface area contributed by atoms with Gasteiger partial charge in [-0.05, 0) is 83.3 Å². The first-order valence-electron chi connectivity index (χ1n) is 16.6. The molecule has 0 saturated heterocycles. The zero-order valence-electron chi connectivity index (χ0n) is 28.4. The second-order valence-electron chi connectivity index (χ2n) is 12.1. The van der Waals surface area contributed by atoms with Gasteiger partial charge in [0.05, 0.1) is 5.69 Å². The van der Waals surface area contributed by atoms with Crippen LogP contribution in [0.15, 0.2) is 149 Å². The van der Waals surface area contributed by atoms with Crippen molar-refractivity contribution >= 4 is 57.7 Å². The monoisotopic (exact) mass is 726 g/mol. The molecule has 0 radical (unpaired) electrons. The van der Waals surface area contributed by atoms with E-state index in [4.69, 9.17) is 0 Å². The number of carbonyl (C=O) groups excluding carboxylic acids is 3. The summed E-state index contributed by atoms with van der Waals surface area (Å²) in [6, 6.07) is 39.2. The van der Waals surface area contributed by atoms with Crippen molar-refractivity contribution in [3.05, 3.63) is 173 Å². The summed E-state index contributed by atoms with van der Waals surface area (Å²) in [5, 5.41) is 10.2. The Morgan fingerprint density at radius 1 is 0.769 bits per heavy atom. The highest BCUT2D eigenvalue weighted by atomic mass is 32.2. The van der Waals surface area contributed by atoms with Crippen molar-refractivity contribution in [2.24, 2.45) is 0 Å². The maximum atomic E-state index is 13.8. The van der Waals surface area contributed by atoms with Crippen LogP contribution in [0.5, 0.6) is 0 Å². The average Bonchev–Trinajstić information content (AvgIpc) is 3.63. The van der Waals surface area contributed by atoms with E-state index in [0.717, 1.165) is 27.1 Å². The van der Waals surface area contributed by atoms with E-state index in [1.165, 1.54) is 35.2 Å². The quantitative estimate of drug-likeness (QED) is 0.0861. The number of hydrogen-bond donors (Lipinski definition) is 3. The molecule has 0 bridgehead atoms. The van der Waals surface area contributed by atoms with Gasteiger partial charge in [0.1, 0.15) is 16.8 Å². The molecule has 0 saturated carbocycles. The first-order chi connectivity index (χ1) is 25.2. The Bertz CT molecular complexity index is 2190. The molecule has 6 rings (SSSR count). The Morgan fingerprint density at radius 3 is 2.15 bits per heavy atom. The summed E-state index contributed by atoms with van der Waals surface area (Å²) < 4.78 is 13.4. The molecule has 10 heteroatoms. The smallest absolute Gasteiger partial charge is 0.272 e. The van der Waals surface area contributed by atoms with Gasteiger partial charge in [-0.1, -0.05) is 92.7 Å². The van der Waals surface area contributed by atoms with Crippen molar-refractivity contribution in [3.8, 4) is 11.3 Å². The molecule has 1 atom stereocenters. The Morgan fingerprint density at radius 2 is 1.46 bits per heavy atom. The van der Waals surface area contributed by atoms with Gasteiger partial charge in [-0.15, -0.1) is 23.1 Å². The minimum Gasteiger partial charge on any atom is -0.321 e. The summed E-state index contributed by atoms with van der Waals surface area (Å²) in [6.07, 6.45) is 1.65. The van der Waals surface area contributed by atoms with E-state index in [9.17, 15) is 18.8 Å². The molecule has 0 aliphatic rings. The van der Waals surface area contributed by atoms with Crippen molar-refractivity contribution in [2.45, 2.75) is 29.9 Å². The van der Waals surface area contributed by atoms with E-state index in [2.05, 4.69) is 34.8 Å². The first kappa shape index (κ1) is 36.0. The van der Waals surface area contributed by atoms with E-state index in [1.54, 1.807) is 60.7 Å². The molecule has 5 aromatic carbocycles. The molecule has 0 spiro atoms. The van der Waals surface area contributed by atoms with Gasteiger partial charge >= 0.3 is 0 Å². The van der Waals surface area contributed by atoms with Crippen LogP contribution in [0.3, 0.4) is 0 Å². The number of nitrogens with one attached hydrogen (secondary N) is 3. The lowest BCUT2D eigenvalue weighted by atomic mass is 10.0. The Labute approximate surface area is 310 Å². The largest absolute Gasteiger partial charge is 0.321 e. The van der Waals surface area contributed by atoms with Gasteiger partial charge in [-0.2, -0.15) is 0 Å². The molecule has 1 aromatic heterocycles. The van der Waals surface area contributed by atoms with Gasteiger partial charge in [0.25, 0.3) is 11.8 Å².